The van der Waals surface area contributed by atoms with Gasteiger partial charge in [0.1, 0.15) is 0 Å². The second-order valence-electron chi connectivity index (χ2n) is 4.75. The Morgan fingerprint density at radius 1 is 0.933 bits per heavy atom. The van der Waals surface area contributed by atoms with Gasteiger partial charge in [0, 0.05) is 0 Å². The molecule has 0 saturated heterocycles. The highest BCUT2D eigenvalue weighted by Crippen LogP contribution is 2.18. The smallest absolute Gasteiger partial charge is 0.0143 e. The Morgan fingerprint density at radius 2 is 1.73 bits per heavy atom. The first-order chi connectivity index (χ1) is 7.18. The van der Waals surface area contributed by atoms with Crippen molar-refractivity contribution in [2.24, 2.45) is 0 Å². The van der Waals surface area contributed by atoms with Gasteiger partial charge in [-0.3, -0.25) is 0 Å². The fourth-order valence-corrected chi connectivity index (χ4v) is 2.97. The molecule has 0 amide bonds. The molecule has 1 aromatic rings. The Morgan fingerprint density at radius 3 is 2.53 bits per heavy atom. The van der Waals surface area contributed by atoms with E-state index >= 15 is 0 Å². The molecule has 0 heteroatoms. The van der Waals surface area contributed by atoms with Crippen molar-refractivity contribution < 1.29 is 0 Å². The molecule has 0 fully saturated rings. The third kappa shape index (κ3) is 1.08. The van der Waals surface area contributed by atoms with Crippen molar-refractivity contribution >= 4 is 18.2 Å². The Kier molecular flexibility index (Phi) is 1.70. The number of fused-ring (bicyclic) bond motifs is 2. The molecular formula is C15H16. The van der Waals surface area contributed by atoms with Crippen LogP contribution in [-0.4, -0.2) is 0 Å². The quantitative estimate of drug-likeness (QED) is 0.597. The normalized spacial score (nSPS) is 16.6. The molecule has 0 spiro atoms. The molecule has 1 aromatic carbocycles. The predicted molar refractivity (Wildman–Crippen MR) is 66.1 cm³/mol. The minimum absolute atomic E-state index is 1.22. The molecule has 0 heterocycles. The maximum atomic E-state index is 2.40. The van der Waals surface area contributed by atoms with Crippen molar-refractivity contribution in [3.8, 4) is 0 Å². The van der Waals surface area contributed by atoms with E-state index in [2.05, 4.69) is 39.0 Å². The molecule has 0 aromatic heterocycles. The van der Waals surface area contributed by atoms with Crippen LogP contribution in [0.4, 0.5) is 0 Å². The fourth-order valence-electron chi connectivity index (χ4n) is 2.97. The zero-order chi connectivity index (χ0) is 10.6. The van der Waals surface area contributed by atoms with Crippen molar-refractivity contribution in [3.05, 3.63) is 38.3 Å². The first kappa shape index (κ1) is 8.96. The molecule has 2 aliphatic rings. The minimum Gasteiger partial charge on any atom is -0.0764 e. The molecule has 0 N–H and O–H groups in total. The summed E-state index contributed by atoms with van der Waals surface area (Å²) in [4.78, 5) is 0. The molecule has 0 atom stereocenters. The van der Waals surface area contributed by atoms with Crippen molar-refractivity contribution in [3.63, 3.8) is 0 Å². The van der Waals surface area contributed by atoms with E-state index in [4.69, 9.17) is 0 Å². The molecule has 0 unspecified atom stereocenters. The van der Waals surface area contributed by atoms with E-state index in [1.54, 1.807) is 5.56 Å². The first-order valence-electron chi connectivity index (χ1n) is 5.71. The molecule has 2 aliphatic carbocycles. The van der Waals surface area contributed by atoms with Gasteiger partial charge in [-0.2, -0.15) is 0 Å². The van der Waals surface area contributed by atoms with Gasteiger partial charge in [0.25, 0.3) is 0 Å². The molecule has 0 nitrogen and oxygen atoms in total. The van der Waals surface area contributed by atoms with Gasteiger partial charge >= 0.3 is 0 Å². The van der Waals surface area contributed by atoms with Gasteiger partial charge in [-0.05, 0) is 71.9 Å². The number of rotatable bonds is 0. The summed E-state index contributed by atoms with van der Waals surface area (Å²) in [7, 11) is 0. The third-order valence-electron chi connectivity index (χ3n) is 3.77. The second kappa shape index (κ2) is 2.85. The second-order valence-corrected chi connectivity index (χ2v) is 4.75. The SMILES string of the molecule is CC1=Cc2c(C)c3c(c(C)c2=C1)CCC=3. The van der Waals surface area contributed by atoms with Crippen LogP contribution in [0.3, 0.4) is 0 Å². The van der Waals surface area contributed by atoms with E-state index in [0.717, 1.165) is 0 Å². The summed E-state index contributed by atoms with van der Waals surface area (Å²) in [5, 5.41) is 2.99. The average Bonchev–Trinajstić information content (AvgIpc) is 2.79. The van der Waals surface area contributed by atoms with Gasteiger partial charge in [0.2, 0.25) is 0 Å². The van der Waals surface area contributed by atoms with Crippen LogP contribution in [0.2, 0.25) is 0 Å². The maximum absolute atomic E-state index is 2.40. The van der Waals surface area contributed by atoms with Gasteiger partial charge in [0.05, 0.1) is 0 Å². The summed E-state index contributed by atoms with van der Waals surface area (Å²) >= 11 is 0. The lowest BCUT2D eigenvalue weighted by Crippen LogP contribution is -2.22. The number of hydrogen-bond acceptors (Lipinski definition) is 0. The van der Waals surface area contributed by atoms with E-state index in [1.165, 1.54) is 45.5 Å². The van der Waals surface area contributed by atoms with Crippen LogP contribution < -0.4 is 10.4 Å². The van der Waals surface area contributed by atoms with Gasteiger partial charge < -0.3 is 0 Å². The van der Waals surface area contributed by atoms with Crippen molar-refractivity contribution in [2.75, 3.05) is 0 Å². The monoisotopic (exact) mass is 196 g/mol. The summed E-state index contributed by atoms with van der Waals surface area (Å²) in [6.45, 7) is 6.73. The highest BCUT2D eigenvalue weighted by atomic mass is 14.2. The number of allylic oxidation sites excluding steroid dienone is 1. The van der Waals surface area contributed by atoms with Gasteiger partial charge in [-0.25, -0.2) is 0 Å². The zero-order valence-corrected chi connectivity index (χ0v) is 9.65. The van der Waals surface area contributed by atoms with Crippen molar-refractivity contribution in [1.29, 1.82) is 0 Å². The first-order valence-corrected chi connectivity index (χ1v) is 5.71. The van der Waals surface area contributed by atoms with E-state index in [1.807, 2.05) is 0 Å². The molecule has 0 radical (unpaired) electrons. The van der Waals surface area contributed by atoms with Crippen LogP contribution in [0.15, 0.2) is 5.57 Å². The fraction of sp³-hybridized carbons (Fsp3) is 0.333. The summed E-state index contributed by atoms with van der Waals surface area (Å²) in [5.41, 5.74) is 7.43. The average molecular weight is 196 g/mol. The Balaban J connectivity index is 2.52. The molecule has 0 bridgehead atoms. The molecule has 0 saturated carbocycles. The van der Waals surface area contributed by atoms with Crippen LogP contribution in [-0.2, 0) is 6.42 Å². The lowest BCUT2D eigenvalue weighted by molar-refractivity contribution is 1.05. The standard InChI is InChI=1S/C15H16/c1-9-7-14-10(2)12-5-4-6-13(12)11(3)15(14)8-9/h5,7-8H,4,6H2,1-3H3. The Bertz CT molecular complexity index is 598. The van der Waals surface area contributed by atoms with Crippen molar-refractivity contribution in [1.82, 2.24) is 0 Å². The van der Waals surface area contributed by atoms with E-state index in [9.17, 15) is 0 Å². The van der Waals surface area contributed by atoms with Gasteiger partial charge in [0.15, 0.2) is 0 Å². The summed E-state index contributed by atoms with van der Waals surface area (Å²) < 4.78 is 0. The number of benzene rings is 1. The lowest BCUT2D eigenvalue weighted by atomic mass is 9.96. The van der Waals surface area contributed by atoms with Crippen LogP contribution in [0.25, 0.3) is 18.2 Å². The third-order valence-corrected chi connectivity index (χ3v) is 3.77. The molecule has 0 aliphatic heterocycles. The molecule has 15 heavy (non-hydrogen) atoms. The van der Waals surface area contributed by atoms with E-state index in [0.29, 0.717) is 0 Å². The van der Waals surface area contributed by atoms with Crippen LogP contribution in [0, 0.1) is 13.8 Å². The van der Waals surface area contributed by atoms with Crippen molar-refractivity contribution in [2.45, 2.75) is 33.6 Å². The summed E-state index contributed by atoms with van der Waals surface area (Å²) in [6.07, 6.45) is 9.52. The minimum atomic E-state index is 1.22. The predicted octanol–water partition coefficient (Wildman–Crippen LogP) is 2.23. The van der Waals surface area contributed by atoms with Crippen LogP contribution in [0.5, 0.6) is 0 Å². The molecule has 76 valence electrons. The lowest BCUT2D eigenvalue weighted by Gasteiger charge is -2.08. The highest BCUT2D eigenvalue weighted by molar-refractivity contribution is 5.76. The van der Waals surface area contributed by atoms with E-state index in [-0.39, 0.29) is 0 Å². The van der Waals surface area contributed by atoms with Gasteiger partial charge in [-0.1, -0.05) is 18.2 Å². The van der Waals surface area contributed by atoms with E-state index < -0.39 is 0 Å². The maximum Gasteiger partial charge on any atom is -0.0143 e. The zero-order valence-electron chi connectivity index (χ0n) is 9.65. The van der Waals surface area contributed by atoms with Crippen LogP contribution in [0.1, 0.15) is 35.6 Å². The highest BCUT2D eigenvalue weighted by Gasteiger charge is 2.15. The Labute approximate surface area is 90.6 Å². The largest absolute Gasteiger partial charge is 0.0764 e. The summed E-state index contributed by atoms with van der Waals surface area (Å²) in [6, 6.07) is 0. The Hall–Kier alpha value is -1.30. The molecular weight excluding hydrogens is 180 g/mol. The summed E-state index contributed by atoms with van der Waals surface area (Å²) in [5.74, 6) is 0. The topological polar surface area (TPSA) is 0 Å². The van der Waals surface area contributed by atoms with Gasteiger partial charge in [-0.15, -0.1) is 0 Å². The number of hydrogen-bond donors (Lipinski definition) is 0. The molecule has 3 rings (SSSR count). The van der Waals surface area contributed by atoms with Crippen LogP contribution >= 0.6 is 0 Å².